The minimum Gasteiger partial charge on any atom is -0.207 e. The fourth-order valence-corrected chi connectivity index (χ4v) is 1.17. The van der Waals surface area contributed by atoms with Crippen LogP contribution in [-0.4, -0.2) is 0 Å². The molecular formula is C11H15F. The first-order valence-corrected chi connectivity index (χ1v) is 4.36. The molecule has 0 saturated carbocycles. The highest BCUT2D eigenvalue weighted by molar-refractivity contribution is 5.20. The molecule has 0 amide bonds. The smallest absolute Gasteiger partial charge is 0.123 e. The zero-order valence-electron chi connectivity index (χ0n) is 7.84. The molecule has 0 bridgehead atoms. The van der Waals surface area contributed by atoms with E-state index in [2.05, 4.69) is 20.8 Å². The highest BCUT2D eigenvalue weighted by Gasteiger charge is 2.09. The van der Waals surface area contributed by atoms with Crippen molar-refractivity contribution in [2.24, 2.45) is 5.92 Å². The van der Waals surface area contributed by atoms with Gasteiger partial charge in [0.25, 0.3) is 0 Å². The highest BCUT2D eigenvalue weighted by Crippen LogP contribution is 2.23. The van der Waals surface area contributed by atoms with E-state index in [1.165, 1.54) is 6.07 Å². The van der Waals surface area contributed by atoms with Crippen molar-refractivity contribution in [3.63, 3.8) is 0 Å². The van der Waals surface area contributed by atoms with E-state index in [4.69, 9.17) is 0 Å². The summed E-state index contributed by atoms with van der Waals surface area (Å²) in [6.07, 6.45) is 0. The van der Waals surface area contributed by atoms with Crippen molar-refractivity contribution >= 4 is 0 Å². The Morgan fingerprint density at radius 2 is 1.83 bits per heavy atom. The summed E-state index contributed by atoms with van der Waals surface area (Å²) >= 11 is 0. The van der Waals surface area contributed by atoms with Gasteiger partial charge in [-0.3, -0.25) is 0 Å². The van der Waals surface area contributed by atoms with Gasteiger partial charge in [0.1, 0.15) is 5.82 Å². The topological polar surface area (TPSA) is 0 Å². The first-order chi connectivity index (χ1) is 5.61. The molecule has 0 aliphatic heterocycles. The van der Waals surface area contributed by atoms with Crippen LogP contribution >= 0.6 is 0 Å². The van der Waals surface area contributed by atoms with Crippen molar-refractivity contribution in [3.05, 3.63) is 35.6 Å². The molecule has 0 nitrogen and oxygen atoms in total. The Morgan fingerprint density at radius 1 is 1.17 bits per heavy atom. The molecule has 0 unspecified atom stereocenters. The number of hydrogen-bond acceptors (Lipinski definition) is 0. The molecule has 0 aromatic heterocycles. The van der Waals surface area contributed by atoms with Crippen LogP contribution in [0, 0.1) is 11.7 Å². The molecular weight excluding hydrogens is 151 g/mol. The molecule has 1 atom stereocenters. The Labute approximate surface area is 73.4 Å². The quantitative estimate of drug-likeness (QED) is 0.630. The van der Waals surface area contributed by atoms with E-state index in [0.29, 0.717) is 11.8 Å². The van der Waals surface area contributed by atoms with Crippen LogP contribution < -0.4 is 0 Å². The molecule has 0 saturated heterocycles. The molecule has 1 aromatic carbocycles. The predicted molar refractivity (Wildman–Crippen MR) is 49.7 cm³/mol. The molecule has 0 heterocycles. The van der Waals surface area contributed by atoms with E-state index in [-0.39, 0.29) is 5.82 Å². The third-order valence-electron chi connectivity index (χ3n) is 2.37. The summed E-state index contributed by atoms with van der Waals surface area (Å²) in [4.78, 5) is 0. The lowest BCUT2D eigenvalue weighted by atomic mass is 9.90. The third kappa shape index (κ3) is 2.07. The maximum absolute atomic E-state index is 12.8. The van der Waals surface area contributed by atoms with Crippen LogP contribution in [0.25, 0.3) is 0 Å². The molecule has 0 aliphatic rings. The number of benzene rings is 1. The zero-order valence-corrected chi connectivity index (χ0v) is 7.84. The monoisotopic (exact) mass is 166 g/mol. The van der Waals surface area contributed by atoms with E-state index in [9.17, 15) is 4.39 Å². The molecule has 1 rings (SSSR count). The van der Waals surface area contributed by atoms with E-state index in [1.54, 1.807) is 12.1 Å². The molecule has 0 radical (unpaired) electrons. The Balaban J connectivity index is 2.88. The van der Waals surface area contributed by atoms with Gasteiger partial charge in [0.15, 0.2) is 0 Å². The summed E-state index contributed by atoms with van der Waals surface area (Å²) in [5.74, 6) is 0.854. The van der Waals surface area contributed by atoms with Crippen LogP contribution in [0.4, 0.5) is 4.39 Å². The van der Waals surface area contributed by atoms with Gasteiger partial charge in [-0.15, -0.1) is 0 Å². The first-order valence-electron chi connectivity index (χ1n) is 4.36. The first kappa shape index (κ1) is 9.24. The lowest BCUT2D eigenvalue weighted by Crippen LogP contribution is -2.01. The zero-order chi connectivity index (χ0) is 9.14. The SMILES string of the molecule is CC(C)[C@@H](C)c1cccc(F)c1. The Bertz CT molecular complexity index is 253. The van der Waals surface area contributed by atoms with Gasteiger partial charge in [-0.05, 0) is 29.5 Å². The summed E-state index contributed by atoms with van der Waals surface area (Å²) in [7, 11) is 0. The third-order valence-corrected chi connectivity index (χ3v) is 2.37. The normalized spacial score (nSPS) is 13.4. The predicted octanol–water partition coefficient (Wildman–Crippen LogP) is 3.59. The van der Waals surface area contributed by atoms with Crippen molar-refractivity contribution in [1.82, 2.24) is 0 Å². The molecule has 12 heavy (non-hydrogen) atoms. The lowest BCUT2D eigenvalue weighted by Gasteiger charge is -2.15. The van der Waals surface area contributed by atoms with Gasteiger partial charge < -0.3 is 0 Å². The molecule has 1 heteroatoms. The highest BCUT2D eigenvalue weighted by atomic mass is 19.1. The van der Waals surface area contributed by atoms with Crippen molar-refractivity contribution < 1.29 is 4.39 Å². The number of halogens is 1. The maximum atomic E-state index is 12.8. The van der Waals surface area contributed by atoms with Gasteiger partial charge in [0.2, 0.25) is 0 Å². The molecule has 0 spiro atoms. The fourth-order valence-electron chi connectivity index (χ4n) is 1.17. The van der Waals surface area contributed by atoms with Gasteiger partial charge in [-0.25, -0.2) is 4.39 Å². The number of hydrogen-bond donors (Lipinski definition) is 0. The summed E-state index contributed by atoms with van der Waals surface area (Å²) in [6, 6.07) is 6.85. The second-order valence-electron chi connectivity index (χ2n) is 3.59. The van der Waals surface area contributed by atoms with E-state index in [1.807, 2.05) is 6.07 Å². The van der Waals surface area contributed by atoms with Gasteiger partial charge >= 0.3 is 0 Å². The molecule has 0 N–H and O–H groups in total. The van der Waals surface area contributed by atoms with E-state index < -0.39 is 0 Å². The van der Waals surface area contributed by atoms with Crippen LogP contribution in [-0.2, 0) is 0 Å². The lowest BCUT2D eigenvalue weighted by molar-refractivity contribution is 0.530. The second kappa shape index (κ2) is 3.70. The molecule has 1 aromatic rings. The van der Waals surface area contributed by atoms with Crippen molar-refractivity contribution in [2.75, 3.05) is 0 Å². The average Bonchev–Trinajstić information content (AvgIpc) is 2.03. The van der Waals surface area contributed by atoms with E-state index >= 15 is 0 Å². The summed E-state index contributed by atoms with van der Waals surface area (Å²) in [5, 5.41) is 0. The summed E-state index contributed by atoms with van der Waals surface area (Å²) in [5.41, 5.74) is 1.09. The van der Waals surface area contributed by atoms with E-state index in [0.717, 1.165) is 5.56 Å². The van der Waals surface area contributed by atoms with Crippen LogP contribution in [0.3, 0.4) is 0 Å². The Morgan fingerprint density at radius 3 is 2.33 bits per heavy atom. The molecule has 0 fully saturated rings. The van der Waals surface area contributed by atoms with Crippen molar-refractivity contribution in [3.8, 4) is 0 Å². The largest absolute Gasteiger partial charge is 0.207 e. The summed E-state index contributed by atoms with van der Waals surface area (Å²) in [6.45, 7) is 6.42. The van der Waals surface area contributed by atoms with Crippen LogP contribution in [0.2, 0.25) is 0 Å². The van der Waals surface area contributed by atoms with Crippen molar-refractivity contribution in [1.29, 1.82) is 0 Å². The molecule has 0 aliphatic carbocycles. The van der Waals surface area contributed by atoms with Gasteiger partial charge in [-0.2, -0.15) is 0 Å². The standard InChI is InChI=1S/C11H15F/c1-8(2)9(3)10-5-4-6-11(12)7-10/h4-9H,1-3H3/t9-/m1/s1. The Hall–Kier alpha value is -0.850. The van der Waals surface area contributed by atoms with Gasteiger partial charge in [0.05, 0.1) is 0 Å². The van der Waals surface area contributed by atoms with Crippen molar-refractivity contribution in [2.45, 2.75) is 26.7 Å². The number of rotatable bonds is 2. The van der Waals surface area contributed by atoms with Crippen LogP contribution in [0.15, 0.2) is 24.3 Å². The summed E-state index contributed by atoms with van der Waals surface area (Å²) < 4.78 is 12.8. The second-order valence-corrected chi connectivity index (χ2v) is 3.59. The van der Waals surface area contributed by atoms with Gasteiger partial charge in [0, 0.05) is 0 Å². The maximum Gasteiger partial charge on any atom is 0.123 e. The van der Waals surface area contributed by atoms with Crippen LogP contribution in [0.5, 0.6) is 0 Å². The Kier molecular flexibility index (Phi) is 2.85. The average molecular weight is 166 g/mol. The van der Waals surface area contributed by atoms with Gasteiger partial charge in [-0.1, -0.05) is 32.9 Å². The minimum absolute atomic E-state index is 0.139. The molecule has 66 valence electrons. The van der Waals surface area contributed by atoms with Crippen LogP contribution in [0.1, 0.15) is 32.3 Å². The minimum atomic E-state index is -0.139. The fraction of sp³-hybridized carbons (Fsp3) is 0.455.